The third-order valence-corrected chi connectivity index (χ3v) is 4.69. The van der Waals surface area contributed by atoms with E-state index in [1.807, 2.05) is 32.9 Å². The Morgan fingerprint density at radius 3 is 2.32 bits per heavy atom. The topological polar surface area (TPSA) is 58.2 Å². The molecule has 0 radical (unpaired) electrons. The van der Waals surface area contributed by atoms with Crippen LogP contribution in [-0.4, -0.2) is 18.4 Å². The molecule has 1 heterocycles. The van der Waals surface area contributed by atoms with Gasteiger partial charge in [-0.2, -0.15) is 0 Å². The zero-order valence-corrected chi connectivity index (χ0v) is 15.0. The molecule has 2 rings (SSSR count). The molecule has 0 saturated heterocycles. The highest BCUT2D eigenvalue weighted by Crippen LogP contribution is 2.22. The zero-order valence-electron chi connectivity index (χ0n) is 12.6. The van der Waals surface area contributed by atoms with E-state index in [2.05, 4.69) is 26.6 Å². The van der Waals surface area contributed by atoms with Crippen LogP contribution in [0.2, 0.25) is 0 Å². The van der Waals surface area contributed by atoms with E-state index in [-0.39, 0.29) is 18.4 Å². The van der Waals surface area contributed by atoms with Gasteiger partial charge in [-0.1, -0.05) is 17.7 Å². The molecule has 22 heavy (non-hydrogen) atoms. The Kier molecular flexibility index (Phi) is 5.37. The average molecular weight is 381 g/mol. The first-order valence-corrected chi connectivity index (χ1v) is 8.44. The summed E-state index contributed by atoms with van der Waals surface area (Å²) in [5, 5.41) is 7.22. The first-order chi connectivity index (χ1) is 10.4. The predicted molar refractivity (Wildman–Crippen MR) is 93.6 cm³/mol. The Balaban J connectivity index is 1.95. The van der Waals surface area contributed by atoms with E-state index in [9.17, 15) is 9.59 Å². The molecule has 1 aromatic heterocycles. The minimum Gasteiger partial charge on any atom is -0.343 e. The van der Waals surface area contributed by atoms with E-state index < -0.39 is 0 Å². The van der Waals surface area contributed by atoms with Crippen LogP contribution >= 0.6 is 27.3 Å². The van der Waals surface area contributed by atoms with Gasteiger partial charge in [-0.25, -0.2) is 0 Å². The van der Waals surface area contributed by atoms with Crippen LogP contribution in [0.5, 0.6) is 0 Å². The highest BCUT2D eigenvalue weighted by atomic mass is 79.9. The molecule has 0 aliphatic rings. The van der Waals surface area contributed by atoms with Crippen LogP contribution in [-0.2, 0) is 4.79 Å². The lowest BCUT2D eigenvalue weighted by Gasteiger charge is -2.13. The SMILES string of the molecule is Cc1cc(C)c(NC(=O)CNC(=O)c2csc(Br)c2)c(C)c1. The van der Waals surface area contributed by atoms with Gasteiger partial charge in [0, 0.05) is 11.1 Å². The third kappa shape index (κ3) is 4.18. The van der Waals surface area contributed by atoms with Gasteiger partial charge in [-0.3, -0.25) is 9.59 Å². The summed E-state index contributed by atoms with van der Waals surface area (Å²) < 4.78 is 0.882. The van der Waals surface area contributed by atoms with Gasteiger partial charge < -0.3 is 10.6 Å². The molecule has 0 bridgehead atoms. The maximum Gasteiger partial charge on any atom is 0.252 e. The fraction of sp³-hybridized carbons (Fsp3) is 0.250. The summed E-state index contributed by atoms with van der Waals surface area (Å²) in [5.74, 6) is -0.493. The monoisotopic (exact) mass is 380 g/mol. The summed E-state index contributed by atoms with van der Waals surface area (Å²) in [5.41, 5.74) is 4.54. The number of benzene rings is 1. The molecule has 0 fully saturated rings. The molecule has 0 saturated carbocycles. The van der Waals surface area contributed by atoms with Gasteiger partial charge in [-0.05, 0) is 53.9 Å². The van der Waals surface area contributed by atoms with Crippen molar-refractivity contribution in [1.82, 2.24) is 5.32 Å². The Morgan fingerprint density at radius 2 is 1.77 bits per heavy atom. The van der Waals surface area contributed by atoms with E-state index in [0.29, 0.717) is 5.56 Å². The van der Waals surface area contributed by atoms with Crippen LogP contribution in [0.3, 0.4) is 0 Å². The molecule has 2 amide bonds. The molecule has 0 aliphatic heterocycles. The van der Waals surface area contributed by atoms with E-state index in [4.69, 9.17) is 0 Å². The van der Waals surface area contributed by atoms with E-state index in [1.54, 1.807) is 11.4 Å². The van der Waals surface area contributed by atoms with Gasteiger partial charge in [-0.15, -0.1) is 11.3 Å². The maximum absolute atomic E-state index is 12.0. The first kappa shape index (κ1) is 16.7. The average Bonchev–Trinajstić information content (AvgIpc) is 2.87. The molecule has 0 unspecified atom stereocenters. The molecule has 6 heteroatoms. The molecule has 4 nitrogen and oxygen atoms in total. The zero-order chi connectivity index (χ0) is 16.3. The second-order valence-electron chi connectivity index (χ2n) is 5.14. The quantitative estimate of drug-likeness (QED) is 0.846. The van der Waals surface area contributed by atoms with Gasteiger partial charge >= 0.3 is 0 Å². The predicted octanol–water partition coefficient (Wildman–Crippen LogP) is 3.80. The first-order valence-electron chi connectivity index (χ1n) is 6.76. The number of carbonyl (C=O) groups is 2. The molecule has 2 aromatic rings. The second-order valence-corrected chi connectivity index (χ2v) is 7.43. The minimum atomic E-state index is -0.255. The van der Waals surface area contributed by atoms with Gasteiger partial charge in [0.05, 0.1) is 15.9 Å². The van der Waals surface area contributed by atoms with Crippen molar-refractivity contribution >= 4 is 44.8 Å². The Hall–Kier alpha value is -1.66. The standard InChI is InChI=1S/C16H17BrN2O2S/c1-9-4-10(2)15(11(3)5-9)19-14(20)7-18-16(21)12-6-13(17)22-8-12/h4-6,8H,7H2,1-3H3,(H,18,21)(H,19,20). The van der Waals surface area contributed by atoms with E-state index >= 15 is 0 Å². The lowest BCUT2D eigenvalue weighted by molar-refractivity contribution is -0.115. The van der Waals surface area contributed by atoms with Gasteiger partial charge in [0.25, 0.3) is 5.91 Å². The molecule has 0 aliphatic carbocycles. The smallest absolute Gasteiger partial charge is 0.252 e. The second kappa shape index (κ2) is 7.07. The summed E-state index contributed by atoms with van der Waals surface area (Å²) in [6.45, 7) is 5.87. The van der Waals surface area contributed by atoms with Crippen LogP contribution in [0.15, 0.2) is 27.4 Å². The molecule has 1 aromatic carbocycles. The van der Waals surface area contributed by atoms with Crippen molar-refractivity contribution in [2.24, 2.45) is 0 Å². The number of thiophene rings is 1. The van der Waals surface area contributed by atoms with Crippen molar-refractivity contribution in [2.45, 2.75) is 20.8 Å². The van der Waals surface area contributed by atoms with Crippen molar-refractivity contribution in [3.63, 3.8) is 0 Å². The van der Waals surface area contributed by atoms with Crippen molar-refractivity contribution in [3.8, 4) is 0 Å². The third-order valence-electron chi connectivity index (χ3n) is 3.18. The number of amides is 2. The van der Waals surface area contributed by atoms with Crippen LogP contribution in [0.4, 0.5) is 5.69 Å². The van der Waals surface area contributed by atoms with Crippen molar-refractivity contribution in [3.05, 3.63) is 49.6 Å². The molecular formula is C16H17BrN2O2S. The molecule has 0 spiro atoms. The van der Waals surface area contributed by atoms with E-state index in [0.717, 1.165) is 26.2 Å². The van der Waals surface area contributed by atoms with Crippen LogP contribution in [0.25, 0.3) is 0 Å². The van der Waals surface area contributed by atoms with Crippen LogP contribution < -0.4 is 10.6 Å². The van der Waals surface area contributed by atoms with Crippen molar-refractivity contribution in [2.75, 3.05) is 11.9 Å². The number of anilines is 1. The number of aryl methyl sites for hydroxylation is 3. The number of rotatable bonds is 4. The highest BCUT2D eigenvalue weighted by molar-refractivity contribution is 9.11. The Morgan fingerprint density at radius 1 is 1.14 bits per heavy atom. The molecule has 116 valence electrons. The fourth-order valence-electron chi connectivity index (χ4n) is 2.25. The van der Waals surface area contributed by atoms with Gasteiger partial charge in [0.2, 0.25) is 5.91 Å². The number of nitrogens with one attached hydrogen (secondary N) is 2. The Bertz CT molecular complexity index is 702. The number of halogens is 1. The summed E-state index contributed by atoms with van der Waals surface area (Å²) in [7, 11) is 0. The van der Waals surface area contributed by atoms with Crippen molar-refractivity contribution in [1.29, 1.82) is 0 Å². The molecule has 2 N–H and O–H groups in total. The van der Waals surface area contributed by atoms with Crippen LogP contribution in [0.1, 0.15) is 27.0 Å². The minimum absolute atomic E-state index is 0.0565. The highest BCUT2D eigenvalue weighted by Gasteiger charge is 2.11. The van der Waals surface area contributed by atoms with Gasteiger partial charge in [0.1, 0.15) is 0 Å². The van der Waals surface area contributed by atoms with E-state index in [1.165, 1.54) is 11.3 Å². The number of hydrogen-bond acceptors (Lipinski definition) is 3. The largest absolute Gasteiger partial charge is 0.343 e. The Labute approximate surface area is 142 Å². The summed E-state index contributed by atoms with van der Waals surface area (Å²) in [6, 6.07) is 5.76. The van der Waals surface area contributed by atoms with Gasteiger partial charge in [0.15, 0.2) is 0 Å². The van der Waals surface area contributed by atoms with Crippen LogP contribution in [0, 0.1) is 20.8 Å². The fourth-order valence-corrected chi connectivity index (χ4v) is 3.39. The number of carbonyl (C=O) groups excluding carboxylic acids is 2. The van der Waals surface area contributed by atoms with Crippen molar-refractivity contribution < 1.29 is 9.59 Å². The lowest BCUT2D eigenvalue weighted by Crippen LogP contribution is -2.32. The maximum atomic E-state index is 12.0. The number of hydrogen-bond donors (Lipinski definition) is 2. The summed E-state index contributed by atoms with van der Waals surface area (Å²) >= 11 is 4.74. The lowest BCUT2D eigenvalue weighted by atomic mass is 10.1. The normalized spacial score (nSPS) is 10.4. The summed E-state index contributed by atoms with van der Waals surface area (Å²) in [4.78, 5) is 23.9. The molecule has 0 atom stereocenters. The molecular weight excluding hydrogens is 364 g/mol. The summed E-state index contributed by atoms with van der Waals surface area (Å²) in [6.07, 6.45) is 0.